The smallest absolute Gasteiger partial charge is 0.258 e. The Morgan fingerprint density at radius 2 is 1.89 bits per heavy atom. The summed E-state index contributed by atoms with van der Waals surface area (Å²) in [6, 6.07) is 8.38. The minimum Gasteiger partial charge on any atom is -0.744 e. The Kier molecular flexibility index (Phi) is 7.88. The Balaban J connectivity index is 1.49. The number of benzene rings is 2. The first-order valence-electron chi connectivity index (χ1n) is 11.4. The van der Waals surface area contributed by atoms with Gasteiger partial charge in [0.05, 0.1) is 11.6 Å². The number of halogens is 3. The molecule has 0 radical (unpaired) electrons. The molecule has 35 heavy (non-hydrogen) atoms. The fourth-order valence-corrected chi connectivity index (χ4v) is 5.47. The molecule has 6 nitrogen and oxygen atoms in total. The molecule has 2 aliphatic rings. The number of rotatable bonds is 7. The van der Waals surface area contributed by atoms with Crippen LogP contribution >= 0.6 is 23.2 Å². The Bertz CT molecular complexity index is 1170. The van der Waals surface area contributed by atoms with Gasteiger partial charge in [-0.1, -0.05) is 29.8 Å². The van der Waals surface area contributed by atoms with Crippen LogP contribution in [0.25, 0.3) is 0 Å². The number of hydroxylamine groups is 1. The molecule has 0 spiro atoms. The second-order valence-corrected chi connectivity index (χ2v) is 11.2. The molecule has 1 amide bonds. The number of carbonyl (C=O) groups is 1. The topological polar surface area (TPSA) is 66.9 Å². The molecule has 1 heterocycles. The van der Waals surface area contributed by atoms with Gasteiger partial charge in [-0.25, -0.2) is 8.60 Å². The van der Waals surface area contributed by atoms with Crippen LogP contribution in [0.2, 0.25) is 10.0 Å². The molecule has 2 aromatic carbocycles. The van der Waals surface area contributed by atoms with E-state index in [4.69, 9.17) is 23.2 Å². The Morgan fingerprint density at radius 3 is 2.46 bits per heavy atom. The second kappa shape index (κ2) is 10.6. The average molecular weight is 539 g/mol. The molecule has 0 bridgehead atoms. The van der Waals surface area contributed by atoms with E-state index in [0.717, 1.165) is 54.6 Å². The molecule has 4 rings (SSSR count). The summed E-state index contributed by atoms with van der Waals surface area (Å²) in [6.07, 6.45) is 2.99. The van der Waals surface area contributed by atoms with Gasteiger partial charge in [0.1, 0.15) is 16.8 Å². The van der Waals surface area contributed by atoms with Crippen LogP contribution in [0.1, 0.15) is 58.8 Å². The van der Waals surface area contributed by atoms with Gasteiger partial charge in [-0.15, -0.1) is 0 Å². The lowest BCUT2D eigenvalue weighted by Crippen LogP contribution is -2.44. The summed E-state index contributed by atoms with van der Waals surface area (Å²) in [7, 11) is -2.07. The van der Waals surface area contributed by atoms with Crippen molar-refractivity contribution in [1.82, 2.24) is 14.3 Å². The Morgan fingerprint density at radius 1 is 1.23 bits per heavy atom. The molecule has 0 aromatic heterocycles. The van der Waals surface area contributed by atoms with Crippen molar-refractivity contribution in [2.75, 3.05) is 25.9 Å². The van der Waals surface area contributed by atoms with Crippen LogP contribution in [0.15, 0.2) is 42.6 Å². The van der Waals surface area contributed by atoms with Gasteiger partial charge in [0.25, 0.3) is 5.91 Å². The molecular formula is C25H27Cl2FN3O3S-. The van der Waals surface area contributed by atoms with E-state index >= 15 is 0 Å². The van der Waals surface area contributed by atoms with Crippen molar-refractivity contribution in [3.8, 4) is 0 Å². The van der Waals surface area contributed by atoms with Crippen molar-refractivity contribution < 1.29 is 13.4 Å². The van der Waals surface area contributed by atoms with Crippen LogP contribution in [-0.4, -0.2) is 50.3 Å². The first-order valence-corrected chi connectivity index (χ1v) is 13.6. The quantitative estimate of drug-likeness (QED) is 0.427. The van der Waals surface area contributed by atoms with Crippen LogP contribution in [0, 0.1) is 11.0 Å². The number of carbonyl (C=O) groups excluding carboxylic acids is 1. The monoisotopic (exact) mass is 538 g/mol. The predicted molar refractivity (Wildman–Crippen MR) is 138 cm³/mol. The Hall–Kier alpha value is -1.97. The molecule has 1 aliphatic heterocycles. The maximum atomic E-state index is 14.9. The number of amides is 1. The number of nitrogens with zero attached hydrogens (tertiary/aromatic N) is 3. The van der Waals surface area contributed by atoms with Gasteiger partial charge in [0.15, 0.2) is 0 Å². The summed E-state index contributed by atoms with van der Waals surface area (Å²) in [5, 5.41) is 13.0. The Labute approximate surface area is 217 Å². The summed E-state index contributed by atoms with van der Waals surface area (Å²) in [6.45, 7) is 8.94. The molecule has 2 atom stereocenters. The summed E-state index contributed by atoms with van der Waals surface area (Å²) in [4.78, 5) is 16.8. The van der Waals surface area contributed by atoms with E-state index < -0.39 is 22.7 Å². The SMILES string of the molecule is C=C1CN(Cc2cc(F)c(C(=O)N([O-])S(C)=O)cc2C2CC2)CCN1[C@H](C)c1cc(Cl)cc(Cl)c1. The van der Waals surface area contributed by atoms with E-state index in [9.17, 15) is 18.6 Å². The zero-order valence-electron chi connectivity index (χ0n) is 19.6. The number of hydrogen-bond donors (Lipinski definition) is 0. The van der Waals surface area contributed by atoms with Crippen LogP contribution in [-0.2, 0) is 17.5 Å². The third-order valence-electron chi connectivity index (χ3n) is 6.57. The maximum Gasteiger partial charge on any atom is 0.258 e. The highest BCUT2D eigenvalue weighted by Crippen LogP contribution is 2.43. The third kappa shape index (κ3) is 5.89. The summed E-state index contributed by atoms with van der Waals surface area (Å²) in [5.74, 6) is -1.65. The van der Waals surface area contributed by atoms with Crippen LogP contribution in [0.4, 0.5) is 4.39 Å². The summed E-state index contributed by atoms with van der Waals surface area (Å²) < 4.78 is 26.1. The first kappa shape index (κ1) is 26.1. The molecule has 1 unspecified atom stereocenters. The predicted octanol–water partition coefficient (Wildman–Crippen LogP) is 5.64. The van der Waals surface area contributed by atoms with Crippen molar-refractivity contribution >= 4 is 40.1 Å². The summed E-state index contributed by atoms with van der Waals surface area (Å²) >= 11 is 12.4. The lowest BCUT2D eigenvalue weighted by atomic mass is 9.98. The van der Waals surface area contributed by atoms with Gasteiger partial charge in [-0.2, -0.15) is 0 Å². The van der Waals surface area contributed by atoms with Crippen LogP contribution < -0.4 is 0 Å². The van der Waals surface area contributed by atoms with E-state index in [1.165, 1.54) is 12.1 Å². The summed E-state index contributed by atoms with van der Waals surface area (Å²) in [5.41, 5.74) is 3.29. The van der Waals surface area contributed by atoms with Gasteiger partial charge in [-0.05, 0) is 72.7 Å². The maximum absolute atomic E-state index is 14.9. The van der Waals surface area contributed by atoms with Crippen LogP contribution in [0.3, 0.4) is 0 Å². The van der Waals surface area contributed by atoms with Gasteiger partial charge >= 0.3 is 0 Å². The van der Waals surface area contributed by atoms with E-state index in [1.807, 2.05) is 12.1 Å². The van der Waals surface area contributed by atoms with E-state index in [-0.39, 0.29) is 22.0 Å². The second-order valence-electron chi connectivity index (χ2n) is 9.14. The minimum absolute atomic E-state index is 0.0461. The normalized spacial score (nSPS) is 18.5. The third-order valence-corrected chi connectivity index (χ3v) is 7.64. The first-order chi connectivity index (χ1) is 16.5. The van der Waals surface area contributed by atoms with Crippen molar-refractivity contribution in [2.45, 2.75) is 38.3 Å². The van der Waals surface area contributed by atoms with Gasteiger partial charge in [0.2, 0.25) is 0 Å². The van der Waals surface area contributed by atoms with Crippen LogP contribution in [0.5, 0.6) is 0 Å². The number of piperazine rings is 1. The van der Waals surface area contributed by atoms with Gasteiger partial charge in [-0.3, -0.25) is 9.69 Å². The molecule has 188 valence electrons. The lowest BCUT2D eigenvalue weighted by molar-refractivity contribution is 0.0898. The zero-order chi connectivity index (χ0) is 25.4. The molecule has 0 N–H and O–H groups in total. The fourth-order valence-electron chi connectivity index (χ4n) is 4.60. The van der Waals surface area contributed by atoms with E-state index in [2.05, 4.69) is 23.3 Å². The van der Waals surface area contributed by atoms with E-state index in [0.29, 0.717) is 23.1 Å². The molecule has 2 fully saturated rings. The molecule has 10 heteroatoms. The van der Waals surface area contributed by atoms with Gasteiger partial charge < -0.3 is 14.6 Å². The van der Waals surface area contributed by atoms with E-state index in [1.54, 1.807) is 6.07 Å². The average Bonchev–Trinajstić information content (AvgIpc) is 3.62. The fraction of sp³-hybridized carbons (Fsp3) is 0.400. The minimum atomic E-state index is -2.07. The molecule has 1 aliphatic carbocycles. The van der Waals surface area contributed by atoms with Crippen molar-refractivity contribution in [2.24, 2.45) is 0 Å². The number of hydrogen-bond acceptors (Lipinski definition) is 5. The molecule has 1 saturated heterocycles. The molecule has 2 aromatic rings. The van der Waals surface area contributed by atoms with Crippen molar-refractivity contribution in [3.63, 3.8) is 0 Å². The highest BCUT2D eigenvalue weighted by Gasteiger charge is 2.31. The molecular weight excluding hydrogens is 512 g/mol. The largest absolute Gasteiger partial charge is 0.744 e. The van der Waals surface area contributed by atoms with Crippen molar-refractivity contribution in [3.05, 3.63) is 85.9 Å². The zero-order valence-corrected chi connectivity index (χ0v) is 21.9. The highest BCUT2D eigenvalue weighted by molar-refractivity contribution is 7.82. The lowest BCUT2D eigenvalue weighted by Gasteiger charge is -2.41. The van der Waals surface area contributed by atoms with Crippen molar-refractivity contribution in [1.29, 1.82) is 0 Å². The molecule has 1 saturated carbocycles. The van der Waals surface area contributed by atoms with Gasteiger partial charge in [0, 0.05) is 48.2 Å². The standard InChI is InChI=1S/C25H27Cl2FN3O3S/c1-15-13-29(6-7-30(15)16(2)18-8-20(26)11-21(27)9-18)14-19-10-24(28)23(12-22(19)17-4-5-17)25(32)31(33)35(3)34/h8-12,16-17H,1,4-7,13-14H2,2-3H3/q-1/t16-,35?/m1/s1. The highest BCUT2D eigenvalue weighted by atomic mass is 35.5.